The van der Waals surface area contributed by atoms with Gasteiger partial charge < -0.3 is 5.32 Å². The lowest BCUT2D eigenvalue weighted by Gasteiger charge is -2.20. The van der Waals surface area contributed by atoms with Crippen LogP contribution >= 0.6 is 15.9 Å². The Morgan fingerprint density at radius 3 is 2.60 bits per heavy atom. The number of aryl methyl sites for hydroxylation is 1. The lowest BCUT2D eigenvalue weighted by Crippen LogP contribution is -2.19. The van der Waals surface area contributed by atoms with Gasteiger partial charge in [-0.3, -0.25) is 0 Å². The maximum absolute atomic E-state index is 13.7. The molecule has 1 unspecified atom stereocenters. The SMILES string of the molecule is CCc1cccc(C(NC)c2ccc(F)c(F)c2Br)c1. The van der Waals surface area contributed by atoms with Gasteiger partial charge in [-0.1, -0.05) is 37.3 Å². The van der Waals surface area contributed by atoms with Gasteiger partial charge in [-0.15, -0.1) is 0 Å². The summed E-state index contributed by atoms with van der Waals surface area (Å²) >= 11 is 3.15. The molecule has 1 N–H and O–H groups in total. The van der Waals surface area contributed by atoms with E-state index in [2.05, 4.69) is 40.3 Å². The van der Waals surface area contributed by atoms with Gasteiger partial charge in [-0.05, 0) is 52.2 Å². The van der Waals surface area contributed by atoms with Gasteiger partial charge >= 0.3 is 0 Å². The molecule has 0 saturated carbocycles. The summed E-state index contributed by atoms with van der Waals surface area (Å²) in [6, 6.07) is 10.7. The van der Waals surface area contributed by atoms with E-state index in [0.29, 0.717) is 5.56 Å². The van der Waals surface area contributed by atoms with E-state index in [1.807, 2.05) is 12.1 Å². The Labute approximate surface area is 126 Å². The topological polar surface area (TPSA) is 12.0 Å². The van der Waals surface area contributed by atoms with Gasteiger partial charge in [0.25, 0.3) is 0 Å². The number of benzene rings is 2. The molecule has 0 spiro atoms. The van der Waals surface area contributed by atoms with Crippen molar-refractivity contribution in [2.24, 2.45) is 0 Å². The first kappa shape index (κ1) is 15.1. The summed E-state index contributed by atoms with van der Waals surface area (Å²) in [5.41, 5.74) is 2.92. The third-order valence-electron chi connectivity index (χ3n) is 3.36. The van der Waals surface area contributed by atoms with Crippen molar-refractivity contribution >= 4 is 15.9 Å². The van der Waals surface area contributed by atoms with E-state index in [-0.39, 0.29) is 10.5 Å². The van der Waals surface area contributed by atoms with E-state index in [4.69, 9.17) is 0 Å². The number of halogens is 3. The lowest BCUT2D eigenvalue weighted by atomic mass is 9.96. The number of hydrogen-bond donors (Lipinski definition) is 1. The summed E-state index contributed by atoms with van der Waals surface area (Å²) in [7, 11) is 1.80. The summed E-state index contributed by atoms with van der Waals surface area (Å²) in [6.07, 6.45) is 0.934. The average molecular weight is 340 g/mol. The maximum atomic E-state index is 13.7. The van der Waals surface area contributed by atoms with Gasteiger partial charge in [-0.2, -0.15) is 0 Å². The van der Waals surface area contributed by atoms with Crippen molar-refractivity contribution in [3.63, 3.8) is 0 Å². The minimum atomic E-state index is -0.852. The standard InChI is InChI=1S/C16H16BrF2N/c1-3-10-5-4-6-11(9-10)16(20-2)12-7-8-13(18)15(19)14(12)17/h4-9,16,20H,3H2,1-2H3. The molecule has 0 aliphatic rings. The molecular formula is C16H16BrF2N. The highest BCUT2D eigenvalue weighted by atomic mass is 79.9. The molecule has 20 heavy (non-hydrogen) atoms. The fourth-order valence-corrected chi connectivity index (χ4v) is 2.81. The zero-order chi connectivity index (χ0) is 14.7. The third kappa shape index (κ3) is 2.91. The predicted molar refractivity (Wildman–Crippen MR) is 80.8 cm³/mol. The molecule has 2 aromatic rings. The number of rotatable bonds is 4. The summed E-state index contributed by atoms with van der Waals surface area (Å²) < 4.78 is 27.1. The number of hydrogen-bond acceptors (Lipinski definition) is 1. The largest absolute Gasteiger partial charge is 0.309 e. The second-order valence-electron chi connectivity index (χ2n) is 4.58. The summed E-state index contributed by atoms with van der Waals surface area (Å²) in [5.74, 6) is -1.70. The van der Waals surface area contributed by atoms with Crippen LogP contribution in [-0.2, 0) is 6.42 Å². The summed E-state index contributed by atoms with van der Waals surface area (Å²) in [5, 5.41) is 3.15. The van der Waals surface area contributed by atoms with Crippen molar-refractivity contribution in [1.82, 2.24) is 5.32 Å². The average Bonchev–Trinajstić information content (AvgIpc) is 2.48. The molecule has 0 radical (unpaired) electrons. The second kappa shape index (κ2) is 6.46. The molecule has 4 heteroatoms. The molecule has 0 bridgehead atoms. The molecule has 0 fully saturated rings. The zero-order valence-corrected chi connectivity index (χ0v) is 13.0. The predicted octanol–water partition coefficient (Wildman–Crippen LogP) is 4.60. The van der Waals surface area contributed by atoms with E-state index in [0.717, 1.165) is 18.1 Å². The molecular weight excluding hydrogens is 324 g/mol. The van der Waals surface area contributed by atoms with Crippen molar-refractivity contribution in [2.75, 3.05) is 7.05 Å². The minimum Gasteiger partial charge on any atom is -0.309 e. The van der Waals surface area contributed by atoms with Crippen molar-refractivity contribution in [3.05, 3.63) is 69.2 Å². The lowest BCUT2D eigenvalue weighted by molar-refractivity contribution is 0.499. The van der Waals surface area contributed by atoms with E-state index in [9.17, 15) is 8.78 Å². The van der Waals surface area contributed by atoms with E-state index in [1.54, 1.807) is 13.1 Å². The van der Waals surface area contributed by atoms with Gasteiger partial charge in [-0.25, -0.2) is 8.78 Å². The fourth-order valence-electron chi connectivity index (χ4n) is 2.26. The molecule has 0 saturated heterocycles. The summed E-state index contributed by atoms with van der Waals surface area (Å²) in [4.78, 5) is 0. The van der Waals surface area contributed by atoms with Crippen molar-refractivity contribution < 1.29 is 8.78 Å². The molecule has 0 aliphatic carbocycles. The molecule has 1 atom stereocenters. The molecule has 106 valence electrons. The minimum absolute atomic E-state index is 0.166. The van der Waals surface area contributed by atoms with Gasteiger partial charge in [0.05, 0.1) is 10.5 Å². The monoisotopic (exact) mass is 339 g/mol. The van der Waals surface area contributed by atoms with Gasteiger partial charge in [0.1, 0.15) is 0 Å². The van der Waals surface area contributed by atoms with E-state index >= 15 is 0 Å². The number of nitrogens with one attached hydrogen (secondary N) is 1. The van der Waals surface area contributed by atoms with Crippen LogP contribution in [0.25, 0.3) is 0 Å². The van der Waals surface area contributed by atoms with E-state index < -0.39 is 11.6 Å². The maximum Gasteiger partial charge on any atom is 0.173 e. The highest BCUT2D eigenvalue weighted by Gasteiger charge is 2.19. The van der Waals surface area contributed by atoms with Gasteiger partial charge in [0, 0.05) is 0 Å². The van der Waals surface area contributed by atoms with Crippen LogP contribution in [0.2, 0.25) is 0 Å². The first-order valence-electron chi connectivity index (χ1n) is 6.48. The Kier molecular flexibility index (Phi) is 4.89. The quantitative estimate of drug-likeness (QED) is 0.802. The fraction of sp³-hybridized carbons (Fsp3) is 0.250. The molecule has 0 amide bonds. The molecule has 0 aliphatic heterocycles. The Hall–Kier alpha value is -1.26. The second-order valence-corrected chi connectivity index (χ2v) is 5.38. The Morgan fingerprint density at radius 2 is 1.95 bits per heavy atom. The van der Waals surface area contributed by atoms with Crippen LogP contribution in [0.4, 0.5) is 8.78 Å². The molecule has 0 heterocycles. The van der Waals surface area contributed by atoms with Crippen LogP contribution in [0, 0.1) is 11.6 Å². The van der Waals surface area contributed by atoms with Crippen LogP contribution in [-0.4, -0.2) is 7.05 Å². The molecule has 1 nitrogen and oxygen atoms in total. The normalized spacial score (nSPS) is 12.4. The van der Waals surface area contributed by atoms with Crippen molar-refractivity contribution in [3.8, 4) is 0 Å². The first-order chi connectivity index (χ1) is 9.58. The smallest absolute Gasteiger partial charge is 0.173 e. The molecule has 0 aromatic heterocycles. The zero-order valence-electron chi connectivity index (χ0n) is 11.4. The highest BCUT2D eigenvalue weighted by molar-refractivity contribution is 9.10. The van der Waals surface area contributed by atoms with Crippen LogP contribution in [0.15, 0.2) is 40.9 Å². The van der Waals surface area contributed by atoms with Crippen molar-refractivity contribution in [1.29, 1.82) is 0 Å². The van der Waals surface area contributed by atoms with Gasteiger partial charge in [0.2, 0.25) is 0 Å². The van der Waals surface area contributed by atoms with Gasteiger partial charge in [0.15, 0.2) is 11.6 Å². The highest BCUT2D eigenvalue weighted by Crippen LogP contribution is 2.31. The molecule has 2 rings (SSSR count). The summed E-state index contributed by atoms with van der Waals surface area (Å²) in [6.45, 7) is 2.08. The first-order valence-corrected chi connectivity index (χ1v) is 7.27. The van der Waals surface area contributed by atoms with Crippen LogP contribution < -0.4 is 5.32 Å². The van der Waals surface area contributed by atoms with Crippen LogP contribution in [0.1, 0.15) is 29.7 Å². The van der Waals surface area contributed by atoms with E-state index in [1.165, 1.54) is 5.56 Å². The molecule has 2 aromatic carbocycles. The van der Waals surface area contributed by atoms with Crippen LogP contribution in [0.5, 0.6) is 0 Å². The Bertz CT molecular complexity index is 613. The van der Waals surface area contributed by atoms with Crippen LogP contribution in [0.3, 0.4) is 0 Å². The van der Waals surface area contributed by atoms with Crippen molar-refractivity contribution in [2.45, 2.75) is 19.4 Å². The third-order valence-corrected chi connectivity index (χ3v) is 4.16. The Morgan fingerprint density at radius 1 is 1.20 bits per heavy atom. The Balaban J connectivity index is 2.49.